The molecule has 1 heterocycles. The predicted molar refractivity (Wildman–Crippen MR) is 41.1 cm³/mol. The molecule has 12 heavy (non-hydrogen) atoms. The summed E-state index contributed by atoms with van der Waals surface area (Å²) >= 11 is 0. The van der Waals surface area contributed by atoms with E-state index in [0.717, 1.165) is 0 Å². The SMILES string of the molecule is CCOC1OCCC(C#N)C1O. The number of nitrogens with zero attached hydrogens (tertiary/aromatic N) is 1. The summed E-state index contributed by atoms with van der Waals surface area (Å²) in [6, 6.07) is 2.03. The summed E-state index contributed by atoms with van der Waals surface area (Å²) in [5.74, 6) is -0.352. The normalized spacial score (nSPS) is 35.9. The standard InChI is InChI=1S/C8H13NO3/c1-2-11-8-7(10)6(5-9)3-4-12-8/h6-8,10H,2-4H2,1H3. The molecule has 1 rings (SSSR count). The molecule has 1 saturated heterocycles. The van der Waals surface area contributed by atoms with Crippen LogP contribution >= 0.6 is 0 Å². The van der Waals surface area contributed by atoms with Crippen molar-refractivity contribution < 1.29 is 14.6 Å². The lowest BCUT2D eigenvalue weighted by atomic mass is 9.98. The highest BCUT2D eigenvalue weighted by molar-refractivity contribution is 4.91. The molecule has 3 atom stereocenters. The summed E-state index contributed by atoms with van der Waals surface area (Å²) in [4.78, 5) is 0. The Labute approximate surface area is 71.7 Å². The maximum absolute atomic E-state index is 9.49. The van der Waals surface area contributed by atoms with Crippen LogP contribution in [0.5, 0.6) is 0 Å². The Bertz CT molecular complexity index is 176. The monoisotopic (exact) mass is 171 g/mol. The molecule has 0 aromatic rings. The van der Waals surface area contributed by atoms with Crippen LogP contribution in [-0.4, -0.2) is 30.7 Å². The van der Waals surface area contributed by atoms with Crippen molar-refractivity contribution in [2.45, 2.75) is 25.7 Å². The molecule has 4 heteroatoms. The van der Waals surface area contributed by atoms with E-state index in [-0.39, 0.29) is 5.92 Å². The molecule has 1 aliphatic heterocycles. The third-order valence-corrected chi connectivity index (χ3v) is 1.90. The molecule has 0 aliphatic carbocycles. The first-order valence-electron chi connectivity index (χ1n) is 4.10. The van der Waals surface area contributed by atoms with Crippen LogP contribution in [0.25, 0.3) is 0 Å². The molecule has 4 nitrogen and oxygen atoms in total. The number of rotatable bonds is 2. The third-order valence-electron chi connectivity index (χ3n) is 1.90. The number of aliphatic hydroxyl groups is 1. The number of ether oxygens (including phenoxy) is 2. The van der Waals surface area contributed by atoms with Gasteiger partial charge in [0.05, 0.1) is 18.6 Å². The maximum Gasteiger partial charge on any atom is 0.184 e. The van der Waals surface area contributed by atoms with Crippen molar-refractivity contribution in [3.63, 3.8) is 0 Å². The van der Waals surface area contributed by atoms with Crippen molar-refractivity contribution in [1.29, 1.82) is 5.26 Å². The van der Waals surface area contributed by atoms with Crippen LogP contribution in [0.4, 0.5) is 0 Å². The van der Waals surface area contributed by atoms with Gasteiger partial charge in [-0.3, -0.25) is 0 Å². The molecule has 68 valence electrons. The van der Waals surface area contributed by atoms with Crippen LogP contribution in [0.1, 0.15) is 13.3 Å². The van der Waals surface area contributed by atoms with E-state index in [1.807, 2.05) is 13.0 Å². The van der Waals surface area contributed by atoms with E-state index < -0.39 is 12.4 Å². The second-order valence-corrected chi connectivity index (χ2v) is 2.71. The zero-order valence-electron chi connectivity index (χ0n) is 7.06. The Morgan fingerprint density at radius 3 is 3.08 bits per heavy atom. The summed E-state index contributed by atoms with van der Waals surface area (Å²) < 4.78 is 10.2. The van der Waals surface area contributed by atoms with E-state index >= 15 is 0 Å². The van der Waals surface area contributed by atoms with Crippen LogP contribution in [0.15, 0.2) is 0 Å². The number of hydrogen-bond donors (Lipinski definition) is 1. The van der Waals surface area contributed by atoms with Gasteiger partial charge in [-0.25, -0.2) is 0 Å². The third kappa shape index (κ3) is 1.95. The van der Waals surface area contributed by atoms with E-state index in [2.05, 4.69) is 0 Å². The molecule has 1 fully saturated rings. The van der Waals surface area contributed by atoms with E-state index in [0.29, 0.717) is 19.6 Å². The molecule has 3 unspecified atom stereocenters. The number of aliphatic hydroxyl groups excluding tert-OH is 1. The van der Waals surface area contributed by atoms with Crippen LogP contribution in [-0.2, 0) is 9.47 Å². The minimum atomic E-state index is -0.802. The molecular weight excluding hydrogens is 158 g/mol. The van der Waals surface area contributed by atoms with E-state index in [1.54, 1.807) is 0 Å². The second kappa shape index (κ2) is 4.41. The van der Waals surface area contributed by atoms with Crippen molar-refractivity contribution in [3.8, 4) is 6.07 Å². The van der Waals surface area contributed by atoms with Crippen molar-refractivity contribution in [3.05, 3.63) is 0 Å². The van der Waals surface area contributed by atoms with Crippen LogP contribution in [0.3, 0.4) is 0 Å². The van der Waals surface area contributed by atoms with Crippen molar-refractivity contribution >= 4 is 0 Å². The van der Waals surface area contributed by atoms with Gasteiger partial charge in [0.25, 0.3) is 0 Å². The van der Waals surface area contributed by atoms with Crippen molar-refractivity contribution in [2.24, 2.45) is 5.92 Å². The second-order valence-electron chi connectivity index (χ2n) is 2.71. The summed E-state index contributed by atoms with van der Waals surface area (Å²) in [7, 11) is 0. The fourth-order valence-corrected chi connectivity index (χ4v) is 1.22. The van der Waals surface area contributed by atoms with E-state index in [9.17, 15) is 5.11 Å². The van der Waals surface area contributed by atoms with Crippen molar-refractivity contribution in [2.75, 3.05) is 13.2 Å². The van der Waals surface area contributed by atoms with Crippen LogP contribution in [0, 0.1) is 17.2 Å². The number of hydrogen-bond acceptors (Lipinski definition) is 4. The molecule has 0 radical (unpaired) electrons. The Hall–Kier alpha value is -0.630. The lowest BCUT2D eigenvalue weighted by Crippen LogP contribution is -2.42. The molecular formula is C8H13NO3. The molecule has 0 aromatic heterocycles. The first-order chi connectivity index (χ1) is 5.79. The minimum absolute atomic E-state index is 0.352. The van der Waals surface area contributed by atoms with Gasteiger partial charge in [-0.2, -0.15) is 5.26 Å². The van der Waals surface area contributed by atoms with Crippen molar-refractivity contribution in [1.82, 2.24) is 0 Å². The molecule has 0 amide bonds. The number of nitriles is 1. The predicted octanol–water partition coefficient (Wildman–Crippen LogP) is 0.270. The Kier molecular flexibility index (Phi) is 3.48. The van der Waals surface area contributed by atoms with E-state index in [4.69, 9.17) is 14.7 Å². The maximum atomic E-state index is 9.49. The van der Waals surface area contributed by atoms with Gasteiger partial charge in [0.1, 0.15) is 6.10 Å². The van der Waals surface area contributed by atoms with Gasteiger partial charge in [-0.15, -0.1) is 0 Å². The van der Waals surface area contributed by atoms with Gasteiger partial charge in [0, 0.05) is 6.61 Å². The van der Waals surface area contributed by atoms with Crippen LogP contribution < -0.4 is 0 Å². The minimum Gasteiger partial charge on any atom is -0.386 e. The Balaban J connectivity index is 2.48. The summed E-state index contributed by atoms with van der Waals surface area (Å²) in [6.45, 7) is 2.80. The fourth-order valence-electron chi connectivity index (χ4n) is 1.22. The van der Waals surface area contributed by atoms with Crippen LogP contribution in [0.2, 0.25) is 0 Å². The first kappa shape index (κ1) is 9.46. The average Bonchev–Trinajstić information content (AvgIpc) is 2.09. The highest BCUT2D eigenvalue weighted by Crippen LogP contribution is 2.20. The van der Waals surface area contributed by atoms with Gasteiger partial charge in [0.15, 0.2) is 6.29 Å². The van der Waals surface area contributed by atoms with Gasteiger partial charge in [0.2, 0.25) is 0 Å². The van der Waals surface area contributed by atoms with E-state index in [1.165, 1.54) is 0 Å². The summed E-state index contributed by atoms with van der Waals surface area (Å²) in [5, 5.41) is 18.1. The van der Waals surface area contributed by atoms with Gasteiger partial charge in [-0.05, 0) is 13.3 Å². The molecule has 1 aliphatic rings. The Morgan fingerprint density at radius 2 is 2.50 bits per heavy atom. The lowest BCUT2D eigenvalue weighted by Gasteiger charge is -2.30. The molecule has 0 spiro atoms. The lowest BCUT2D eigenvalue weighted by molar-refractivity contribution is -0.222. The molecule has 0 bridgehead atoms. The Morgan fingerprint density at radius 1 is 1.75 bits per heavy atom. The fraction of sp³-hybridized carbons (Fsp3) is 0.875. The first-order valence-corrected chi connectivity index (χ1v) is 4.10. The molecule has 1 N–H and O–H groups in total. The van der Waals surface area contributed by atoms with Gasteiger partial charge in [-0.1, -0.05) is 0 Å². The smallest absolute Gasteiger partial charge is 0.184 e. The highest BCUT2D eigenvalue weighted by atomic mass is 16.7. The molecule has 0 aromatic carbocycles. The van der Waals surface area contributed by atoms with Gasteiger partial charge >= 0.3 is 0 Å². The average molecular weight is 171 g/mol. The summed E-state index contributed by atoms with van der Waals surface area (Å²) in [6.07, 6.45) is -0.835. The quantitative estimate of drug-likeness (QED) is 0.647. The zero-order valence-corrected chi connectivity index (χ0v) is 7.06. The summed E-state index contributed by atoms with van der Waals surface area (Å²) in [5.41, 5.74) is 0. The van der Waals surface area contributed by atoms with Gasteiger partial charge < -0.3 is 14.6 Å². The molecule has 0 saturated carbocycles. The largest absolute Gasteiger partial charge is 0.386 e. The topological polar surface area (TPSA) is 62.5 Å². The zero-order chi connectivity index (χ0) is 8.97. The highest BCUT2D eigenvalue weighted by Gasteiger charge is 2.32.